The lowest BCUT2D eigenvalue weighted by atomic mass is 10.4. The first-order chi connectivity index (χ1) is 7.74. The van der Waals surface area contributed by atoms with Crippen LogP contribution in [0.15, 0.2) is 70.5 Å². The summed E-state index contributed by atoms with van der Waals surface area (Å²) in [5.41, 5.74) is 0. The summed E-state index contributed by atoms with van der Waals surface area (Å²) >= 11 is 0. The van der Waals surface area contributed by atoms with Crippen molar-refractivity contribution in [2.75, 3.05) is 0 Å². The van der Waals surface area contributed by atoms with Crippen molar-refractivity contribution in [1.29, 1.82) is 0 Å². The number of benzene rings is 2. The molecule has 0 nitrogen and oxygen atoms in total. The van der Waals surface area contributed by atoms with Crippen molar-refractivity contribution in [3.8, 4) is 0 Å². The van der Waals surface area contributed by atoms with Gasteiger partial charge in [0, 0.05) is 0 Å². The highest BCUT2D eigenvalue weighted by molar-refractivity contribution is 8.54. The topological polar surface area (TPSA) is 0 Å². The lowest BCUT2D eigenvalue weighted by Gasteiger charge is -2.54. The van der Waals surface area contributed by atoms with Crippen LogP contribution in [-0.4, -0.2) is 0 Å². The smallest absolute Gasteiger partial charge is 0.0972 e. The fourth-order valence-electron chi connectivity index (χ4n) is 1.61. The van der Waals surface area contributed by atoms with Crippen LogP contribution in [-0.2, 0) is 0 Å². The highest BCUT2D eigenvalue weighted by Gasteiger charge is 2.60. The van der Waals surface area contributed by atoms with Gasteiger partial charge in [-0.15, -0.1) is 11.7 Å². The molecule has 0 bridgehead atoms. The predicted molar refractivity (Wildman–Crippen MR) is 65.7 cm³/mol. The molecule has 91 valence electrons. The van der Waals surface area contributed by atoms with Crippen LogP contribution >= 0.6 is 9.45 Å². The molecule has 0 aliphatic heterocycles. The number of halogens is 3. The molecule has 0 amide bonds. The highest BCUT2D eigenvalue weighted by atomic mass is 32.4. The quantitative estimate of drug-likeness (QED) is 0.673. The molecule has 0 aromatic heterocycles. The van der Waals surface area contributed by atoms with Crippen molar-refractivity contribution in [1.82, 2.24) is 0 Å². The van der Waals surface area contributed by atoms with Crippen LogP contribution in [0.5, 0.6) is 0 Å². The van der Waals surface area contributed by atoms with Gasteiger partial charge in [0.05, 0.1) is 25.5 Å². The van der Waals surface area contributed by atoms with E-state index in [0.717, 1.165) is 24.3 Å². The average molecular weight is 257 g/mol. The van der Waals surface area contributed by atoms with Crippen molar-refractivity contribution in [2.45, 2.75) is 9.79 Å². The molecular weight excluding hydrogens is 245 g/mol. The molecule has 0 aliphatic rings. The van der Waals surface area contributed by atoms with E-state index in [4.69, 9.17) is 0 Å². The van der Waals surface area contributed by atoms with Crippen LogP contribution in [0, 0.1) is 6.26 Å². The maximum absolute atomic E-state index is 14.6. The molecule has 0 unspecified atom stereocenters. The first-order valence-electron chi connectivity index (χ1n) is 4.98. The molecule has 4 heteroatoms. The maximum atomic E-state index is 14.6. The summed E-state index contributed by atoms with van der Waals surface area (Å²) in [7, 11) is -7.13. The highest BCUT2D eigenvalue weighted by Crippen LogP contribution is 3.02. The molecule has 17 heavy (non-hydrogen) atoms. The Morgan fingerprint density at radius 3 is 1.24 bits per heavy atom. The van der Waals surface area contributed by atoms with Gasteiger partial charge in [0.15, 0.2) is 0 Å². The standard InChI is InChI=1S/C13H12F3S/c1-17(14,15,16,12-8-4-2-5-9-12)13-10-6-3-7-11-13/h2-11H,1H2. The summed E-state index contributed by atoms with van der Waals surface area (Å²) in [6.45, 7) is 0. The third-order valence-corrected chi connectivity index (χ3v) is 5.34. The Morgan fingerprint density at radius 2 is 0.941 bits per heavy atom. The van der Waals surface area contributed by atoms with E-state index < -0.39 is 19.2 Å². The van der Waals surface area contributed by atoms with Gasteiger partial charge in [-0.3, -0.25) is 0 Å². The second-order valence-electron chi connectivity index (χ2n) is 3.98. The van der Waals surface area contributed by atoms with Crippen LogP contribution in [0.25, 0.3) is 0 Å². The summed E-state index contributed by atoms with van der Waals surface area (Å²) in [5.74, 6) is 0. The van der Waals surface area contributed by atoms with Gasteiger partial charge in [-0.25, -0.2) is 0 Å². The summed E-state index contributed by atoms with van der Waals surface area (Å²) in [6.07, 6.45) is 2.69. The van der Waals surface area contributed by atoms with Crippen molar-refractivity contribution in [3.63, 3.8) is 0 Å². The van der Waals surface area contributed by atoms with Gasteiger partial charge in [-0.1, -0.05) is 36.4 Å². The summed E-state index contributed by atoms with van der Waals surface area (Å²) in [4.78, 5) is -1.34. The van der Waals surface area contributed by atoms with E-state index in [2.05, 4.69) is 6.26 Å². The third-order valence-electron chi connectivity index (χ3n) is 2.59. The molecule has 0 spiro atoms. The van der Waals surface area contributed by atoms with E-state index in [9.17, 15) is 11.7 Å². The molecule has 0 saturated heterocycles. The molecular formula is C13H12F3S. The zero-order valence-electron chi connectivity index (χ0n) is 9.02. The molecule has 2 aromatic carbocycles. The van der Waals surface area contributed by atoms with Crippen LogP contribution in [0.2, 0.25) is 0 Å². The molecule has 0 aliphatic carbocycles. The zero-order valence-corrected chi connectivity index (χ0v) is 9.84. The fraction of sp³-hybridized carbons (Fsp3) is 0. The van der Waals surface area contributed by atoms with Gasteiger partial charge < -0.3 is 0 Å². The monoisotopic (exact) mass is 257 g/mol. The lowest BCUT2D eigenvalue weighted by molar-refractivity contribution is 0.556. The maximum Gasteiger partial charge on any atom is 0.0972 e. The summed E-state index contributed by atoms with van der Waals surface area (Å²) < 4.78 is 43.8. The first kappa shape index (κ1) is 12.0. The van der Waals surface area contributed by atoms with Crippen molar-refractivity contribution >= 4 is 9.45 Å². The molecule has 0 saturated carbocycles. The predicted octanol–water partition coefficient (Wildman–Crippen LogP) is 5.43. The van der Waals surface area contributed by atoms with E-state index in [1.54, 1.807) is 12.1 Å². The molecule has 2 aromatic rings. The van der Waals surface area contributed by atoms with E-state index >= 15 is 0 Å². The van der Waals surface area contributed by atoms with Gasteiger partial charge in [0.2, 0.25) is 0 Å². The largest absolute Gasteiger partial charge is 0.144 e. The molecule has 1 radical (unpaired) electrons. The Bertz CT molecular complexity index is 482. The normalized spacial score (nSPS) is 16.0. The Morgan fingerprint density at radius 1 is 0.647 bits per heavy atom. The zero-order chi connectivity index (χ0) is 12.6. The average Bonchev–Trinajstić information content (AvgIpc) is 2.30. The summed E-state index contributed by atoms with van der Waals surface area (Å²) in [6, 6.07) is 12.9. The summed E-state index contributed by atoms with van der Waals surface area (Å²) in [5, 5.41) is 0. The second-order valence-corrected chi connectivity index (χ2v) is 7.64. The first-order valence-corrected chi connectivity index (χ1v) is 7.30. The van der Waals surface area contributed by atoms with Crippen molar-refractivity contribution in [2.24, 2.45) is 0 Å². The SMILES string of the molecule is [CH2]S(F)(F)(F)(c1ccccc1)c1ccccc1. The second kappa shape index (κ2) is 3.07. The minimum atomic E-state index is -7.13. The Hall–Kier alpha value is -1.42. The van der Waals surface area contributed by atoms with Crippen LogP contribution in [0.1, 0.15) is 0 Å². The molecule has 2 rings (SSSR count). The third kappa shape index (κ3) is 1.93. The van der Waals surface area contributed by atoms with E-state index in [1.165, 1.54) is 24.3 Å². The number of hydrogen-bond donors (Lipinski definition) is 0. The van der Waals surface area contributed by atoms with Crippen LogP contribution in [0.4, 0.5) is 11.7 Å². The fourth-order valence-corrected chi connectivity index (χ4v) is 3.47. The Balaban J connectivity index is 2.76. The van der Waals surface area contributed by atoms with Gasteiger partial charge in [-0.2, -0.15) is 0 Å². The van der Waals surface area contributed by atoms with Crippen molar-refractivity contribution in [3.05, 3.63) is 66.9 Å². The Kier molecular flexibility index (Phi) is 2.18. The number of hydrogen-bond acceptors (Lipinski definition) is 0. The minimum absolute atomic E-state index is 0.668. The Labute approximate surface area is 98.2 Å². The molecule has 0 heterocycles. The van der Waals surface area contributed by atoms with Crippen LogP contribution < -0.4 is 0 Å². The lowest BCUT2D eigenvalue weighted by Crippen LogP contribution is -2.16. The van der Waals surface area contributed by atoms with Gasteiger partial charge in [-0.05, 0) is 24.3 Å². The van der Waals surface area contributed by atoms with Crippen LogP contribution in [0.3, 0.4) is 0 Å². The van der Waals surface area contributed by atoms with Crippen molar-refractivity contribution < 1.29 is 11.7 Å². The molecule has 0 atom stereocenters. The molecule has 0 fully saturated rings. The van der Waals surface area contributed by atoms with E-state index in [1.807, 2.05) is 0 Å². The molecule has 0 N–H and O–H groups in total. The van der Waals surface area contributed by atoms with E-state index in [-0.39, 0.29) is 0 Å². The van der Waals surface area contributed by atoms with Gasteiger partial charge in [0.1, 0.15) is 0 Å². The minimum Gasteiger partial charge on any atom is -0.144 e. The van der Waals surface area contributed by atoms with E-state index in [0.29, 0.717) is 0 Å². The number of rotatable bonds is 2. The van der Waals surface area contributed by atoms with Gasteiger partial charge in [0.25, 0.3) is 0 Å². The van der Waals surface area contributed by atoms with Gasteiger partial charge >= 0.3 is 0 Å².